The molecular weight excluding hydrogens is 292 g/mol. The molecule has 1 unspecified atom stereocenters. The van der Waals surface area contributed by atoms with Gasteiger partial charge in [-0.3, -0.25) is 4.79 Å². The van der Waals surface area contributed by atoms with Crippen molar-refractivity contribution in [1.29, 1.82) is 0 Å². The Morgan fingerprint density at radius 3 is 2.90 bits per heavy atom. The molecule has 2 N–H and O–H groups in total. The molecular formula is C14H18N2O4S. The number of furan rings is 1. The van der Waals surface area contributed by atoms with E-state index in [9.17, 15) is 9.90 Å². The van der Waals surface area contributed by atoms with E-state index in [1.54, 1.807) is 6.92 Å². The third kappa shape index (κ3) is 3.90. The first kappa shape index (κ1) is 15.7. The molecule has 6 nitrogen and oxygen atoms in total. The van der Waals surface area contributed by atoms with Crippen LogP contribution in [-0.4, -0.2) is 42.4 Å². The number of aliphatic hydroxyl groups excluding tert-OH is 1. The van der Waals surface area contributed by atoms with E-state index in [4.69, 9.17) is 9.15 Å². The van der Waals surface area contributed by atoms with Crippen molar-refractivity contribution in [3.8, 4) is 10.8 Å². The average Bonchev–Trinajstić information content (AvgIpc) is 3.02. The quantitative estimate of drug-likeness (QED) is 0.849. The van der Waals surface area contributed by atoms with Crippen LogP contribution in [0.4, 0.5) is 0 Å². The first-order valence-corrected chi connectivity index (χ1v) is 7.32. The summed E-state index contributed by atoms with van der Waals surface area (Å²) in [5.41, 5.74) is 0.641. The summed E-state index contributed by atoms with van der Waals surface area (Å²) in [7, 11) is 1.50. The molecule has 1 atom stereocenters. The lowest BCUT2D eigenvalue weighted by molar-refractivity contribution is 0.0610. The number of carbonyl (C=O) groups excluding carboxylic acids is 1. The van der Waals surface area contributed by atoms with Gasteiger partial charge in [0.05, 0.1) is 18.4 Å². The average molecular weight is 310 g/mol. The summed E-state index contributed by atoms with van der Waals surface area (Å²) >= 11 is 1.27. The molecule has 0 radical (unpaired) electrons. The minimum atomic E-state index is -0.723. The van der Waals surface area contributed by atoms with Crippen molar-refractivity contribution < 1.29 is 19.1 Å². The molecule has 0 aliphatic carbocycles. The van der Waals surface area contributed by atoms with Gasteiger partial charge in [-0.15, -0.1) is 11.3 Å². The maximum atomic E-state index is 12.1. The number of carbonyl (C=O) groups is 1. The molecule has 0 spiro atoms. The van der Waals surface area contributed by atoms with Crippen LogP contribution in [0.5, 0.6) is 0 Å². The largest absolute Gasteiger partial charge is 0.459 e. The molecule has 0 bridgehead atoms. The maximum absolute atomic E-state index is 12.1. The smallest absolute Gasteiger partial charge is 0.263 e. The number of hydrogen-bond donors (Lipinski definition) is 2. The Morgan fingerprint density at radius 2 is 2.29 bits per heavy atom. The van der Waals surface area contributed by atoms with Crippen molar-refractivity contribution in [2.24, 2.45) is 0 Å². The van der Waals surface area contributed by atoms with E-state index in [1.165, 1.54) is 18.4 Å². The fourth-order valence-electron chi connectivity index (χ4n) is 1.80. The van der Waals surface area contributed by atoms with Crippen LogP contribution in [-0.2, 0) is 4.74 Å². The number of methoxy groups -OCH3 is 1. The highest BCUT2D eigenvalue weighted by Gasteiger charge is 2.18. The molecule has 2 rings (SSSR count). The topological polar surface area (TPSA) is 84.6 Å². The molecule has 0 aromatic carbocycles. The van der Waals surface area contributed by atoms with Crippen LogP contribution >= 0.6 is 11.3 Å². The predicted molar refractivity (Wildman–Crippen MR) is 79.5 cm³/mol. The summed E-state index contributed by atoms with van der Waals surface area (Å²) in [5, 5.41) is 12.9. The van der Waals surface area contributed by atoms with E-state index in [2.05, 4.69) is 10.3 Å². The second-order valence-corrected chi connectivity index (χ2v) is 5.66. The van der Waals surface area contributed by atoms with Crippen molar-refractivity contribution in [2.45, 2.75) is 20.0 Å². The summed E-state index contributed by atoms with van der Waals surface area (Å²) in [4.78, 5) is 17.0. The minimum absolute atomic E-state index is 0.138. The summed E-state index contributed by atoms with van der Waals surface area (Å²) in [6.45, 7) is 3.95. The third-order valence-electron chi connectivity index (χ3n) is 2.81. The van der Waals surface area contributed by atoms with E-state index < -0.39 is 6.10 Å². The first-order valence-electron chi connectivity index (χ1n) is 6.50. The Labute approximate surface area is 126 Å². The minimum Gasteiger partial charge on any atom is -0.459 e. The standard InChI is InChI=1S/C14H18N2O4S/c1-8-4-5-11(20-8)14-16-9(2)12(21-14)13(18)15-6-10(17)7-19-3/h4-5,10,17H,6-7H2,1-3H3,(H,15,18). The molecule has 0 saturated carbocycles. The van der Waals surface area contributed by atoms with Gasteiger partial charge in [-0.2, -0.15) is 0 Å². The van der Waals surface area contributed by atoms with Crippen LogP contribution in [0.15, 0.2) is 16.5 Å². The number of rotatable bonds is 6. The van der Waals surface area contributed by atoms with Crippen LogP contribution in [0.2, 0.25) is 0 Å². The fraction of sp³-hybridized carbons (Fsp3) is 0.429. The highest BCUT2D eigenvalue weighted by molar-refractivity contribution is 7.17. The van der Waals surface area contributed by atoms with Gasteiger partial charge in [0.25, 0.3) is 5.91 Å². The SMILES string of the molecule is COCC(O)CNC(=O)c1sc(-c2ccc(C)o2)nc1C. The van der Waals surface area contributed by atoms with Gasteiger partial charge in [-0.05, 0) is 26.0 Å². The lowest BCUT2D eigenvalue weighted by Crippen LogP contribution is -2.34. The fourth-order valence-corrected chi connectivity index (χ4v) is 2.75. The number of nitrogens with one attached hydrogen (secondary N) is 1. The van der Waals surface area contributed by atoms with Crippen molar-refractivity contribution >= 4 is 17.2 Å². The monoisotopic (exact) mass is 310 g/mol. The first-order chi connectivity index (χ1) is 10.0. The number of ether oxygens (including phenoxy) is 1. The molecule has 1 amide bonds. The predicted octanol–water partition coefficient (Wildman–Crippen LogP) is 1.76. The van der Waals surface area contributed by atoms with Gasteiger partial charge in [-0.1, -0.05) is 0 Å². The Bertz CT molecular complexity index is 620. The van der Waals surface area contributed by atoms with E-state index in [1.807, 2.05) is 19.1 Å². The molecule has 114 valence electrons. The van der Waals surface area contributed by atoms with Gasteiger partial charge in [0, 0.05) is 13.7 Å². The third-order valence-corrected chi connectivity index (χ3v) is 3.98. The van der Waals surface area contributed by atoms with Crippen molar-refractivity contribution in [3.63, 3.8) is 0 Å². The Hall–Kier alpha value is -1.70. The number of aliphatic hydroxyl groups is 1. The number of nitrogens with zero attached hydrogens (tertiary/aromatic N) is 1. The van der Waals surface area contributed by atoms with Gasteiger partial charge in [-0.25, -0.2) is 4.98 Å². The van der Waals surface area contributed by atoms with Crippen LogP contribution in [0.3, 0.4) is 0 Å². The van der Waals surface area contributed by atoms with Crippen LogP contribution in [0.25, 0.3) is 10.8 Å². The number of thiazole rings is 1. The van der Waals surface area contributed by atoms with Crippen LogP contribution < -0.4 is 5.32 Å². The molecule has 0 aliphatic rings. The summed E-state index contributed by atoms with van der Waals surface area (Å²) in [6, 6.07) is 3.69. The zero-order chi connectivity index (χ0) is 15.4. The van der Waals surface area contributed by atoms with Crippen LogP contribution in [0.1, 0.15) is 21.1 Å². The Morgan fingerprint density at radius 1 is 1.52 bits per heavy atom. The van der Waals surface area contributed by atoms with Crippen molar-refractivity contribution in [1.82, 2.24) is 10.3 Å². The lowest BCUT2D eigenvalue weighted by atomic mass is 10.3. The highest BCUT2D eigenvalue weighted by atomic mass is 32.1. The zero-order valence-corrected chi connectivity index (χ0v) is 13.0. The maximum Gasteiger partial charge on any atom is 0.263 e. The summed E-state index contributed by atoms with van der Waals surface area (Å²) in [5.74, 6) is 1.19. The van der Waals surface area contributed by atoms with Crippen LogP contribution in [0, 0.1) is 13.8 Å². The molecule has 2 aromatic rings. The molecule has 21 heavy (non-hydrogen) atoms. The lowest BCUT2D eigenvalue weighted by Gasteiger charge is -2.09. The molecule has 0 aliphatic heterocycles. The van der Waals surface area contributed by atoms with Gasteiger partial charge < -0.3 is 19.6 Å². The number of amides is 1. The summed E-state index contributed by atoms with van der Waals surface area (Å²) < 4.78 is 10.3. The molecule has 0 saturated heterocycles. The molecule has 2 heterocycles. The van der Waals surface area contributed by atoms with E-state index in [0.717, 1.165) is 5.76 Å². The zero-order valence-electron chi connectivity index (χ0n) is 12.2. The Balaban J connectivity index is 2.06. The van der Waals surface area contributed by atoms with Gasteiger partial charge in [0.2, 0.25) is 0 Å². The van der Waals surface area contributed by atoms with Gasteiger partial charge in [0.15, 0.2) is 10.8 Å². The molecule has 0 fully saturated rings. The molecule has 7 heteroatoms. The molecule has 2 aromatic heterocycles. The second kappa shape index (κ2) is 6.84. The summed E-state index contributed by atoms with van der Waals surface area (Å²) in [6.07, 6.45) is -0.723. The van der Waals surface area contributed by atoms with Gasteiger partial charge in [0.1, 0.15) is 10.6 Å². The number of aryl methyl sites for hydroxylation is 2. The van der Waals surface area contributed by atoms with E-state index >= 15 is 0 Å². The number of aromatic nitrogens is 1. The highest BCUT2D eigenvalue weighted by Crippen LogP contribution is 2.29. The number of hydrogen-bond acceptors (Lipinski definition) is 6. The van der Waals surface area contributed by atoms with Gasteiger partial charge >= 0.3 is 0 Å². The van der Waals surface area contributed by atoms with Crippen molar-refractivity contribution in [3.05, 3.63) is 28.5 Å². The van der Waals surface area contributed by atoms with E-state index in [-0.39, 0.29) is 19.1 Å². The van der Waals surface area contributed by atoms with E-state index in [0.29, 0.717) is 21.3 Å². The Kier molecular flexibility index (Phi) is 5.11. The van der Waals surface area contributed by atoms with Crippen molar-refractivity contribution in [2.75, 3.05) is 20.3 Å². The second-order valence-electron chi connectivity index (χ2n) is 4.66. The normalized spacial score (nSPS) is 12.4.